The smallest absolute Gasteiger partial charge is 0.0953 e. The van der Waals surface area contributed by atoms with Gasteiger partial charge in [-0.1, -0.05) is 65.3 Å². The Labute approximate surface area is 129 Å². The van der Waals surface area contributed by atoms with Crippen LogP contribution in [0.5, 0.6) is 0 Å². The zero-order chi connectivity index (χ0) is 14.2. The van der Waals surface area contributed by atoms with Crippen molar-refractivity contribution in [1.29, 1.82) is 0 Å². The summed E-state index contributed by atoms with van der Waals surface area (Å²) in [5.41, 5.74) is 2.40. The topological polar surface area (TPSA) is 21.3 Å². The molecule has 0 aliphatic rings. The molecule has 2 rings (SSSR count). The number of likely N-dealkylation sites (N-methyl/N-ethyl adjacent to an activating group) is 1. The first-order valence-corrected chi connectivity index (χ1v) is 7.70. The van der Waals surface area contributed by atoms with Crippen molar-refractivity contribution in [2.45, 2.75) is 19.6 Å². The van der Waals surface area contributed by atoms with Crippen LogP contribution < -0.4 is 5.32 Å². The molecule has 1 N–H and O–H groups in total. The summed E-state index contributed by atoms with van der Waals surface area (Å²) in [6.45, 7) is 4.51. The zero-order valence-corrected chi connectivity index (χ0v) is 13.3. The highest BCUT2D eigenvalue weighted by Crippen LogP contribution is 2.21. The molecule has 0 aliphatic carbocycles. The minimum atomic E-state index is 0.0725. The first-order valence-electron chi connectivity index (χ1n) is 6.91. The molecule has 2 aromatic carbocycles. The second-order valence-corrected chi connectivity index (χ2v) is 5.56. The molecule has 0 aliphatic heterocycles. The van der Waals surface area contributed by atoms with Crippen LogP contribution in [0.25, 0.3) is 0 Å². The highest BCUT2D eigenvalue weighted by atomic mass is 79.9. The lowest BCUT2D eigenvalue weighted by Crippen LogP contribution is -2.23. The van der Waals surface area contributed by atoms with E-state index in [-0.39, 0.29) is 6.10 Å². The number of benzene rings is 2. The van der Waals surface area contributed by atoms with Gasteiger partial charge in [-0.15, -0.1) is 0 Å². The van der Waals surface area contributed by atoms with Crippen molar-refractivity contribution in [3.05, 3.63) is 70.2 Å². The predicted molar refractivity (Wildman–Crippen MR) is 86.7 cm³/mol. The molecular formula is C17H20BrNO. The second-order valence-electron chi connectivity index (χ2n) is 4.64. The van der Waals surface area contributed by atoms with Crippen LogP contribution in [-0.4, -0.2) is 13.1 Å². The van der Waals surface area contributed by atoms with Crippen molar-refractivity contribution < 1.29 is 4.74 Å². The van der Waals surface area contributed by atoms with E-state index in [1.165, 1.54) is 11.1 Å². The minimum absolute atomic E-state index is 0.0725. The van der Waals surface area contributed by atoms with E-state index in [0.29, 0.717) is 6.61 Å². The third-order valence-corrected chi connectivity index (χ3v) is 3.64. The number of nitrogens with one attached hydrogen (secondary N) is 1. The van der Waals surface area contributed by atoms with Crippen LogP contribution in [0.2, 0.25) is 0 Å². The van der Waals surface area contributed by atoms with E-state index in [2.05, 4.69) is 64.6 Å². The molecule has 0 fully saturated rings. The van der Waals surface area contributed by atoms with Gasteiger partial charge in [0.2, 0.25) is 0 Å². The fraction of sp³-hybridized carbons (Fsp3) is 0.294. The highest BCUT2D eigenvalue weighted by Gasteiger charge is 2.11. The van der Waals surface area contributed by atoms with Crippen LogP contribution in [0.4, 0.5) is 0 Å². The van der Waals surface area contributed by atoms with Crippen LogP contribution in [0, 0.1) is 0 Å². The average Bonchev–Trinajstić information content (AvgIpc) is 2.50. The Balaban J connectivity index is 2.01. The van der Waals surface area contributed by atoms with E-state index in [4.69, 9.17) is 4.74 Å². The molecule has 0 bridgehead atoms. The first-order chi connectivity index (χ1) is 9.79. The molecule has 0 radical (unpaired) electrons. The molecule has 2 nitrogen and oxygen atoms in total. The van der Waals surface area contributed by atoms with Crippen molar-refractivity contribution in [2.75, 3.05) is 13.1 Å². The van der Waals surface area contributed by atoms with E-state index in [1.54, 1.807) is 0 Å². The van der Waals surface area contributed by atoms with Gasteiger partial charge in [0.15, 0.2) is 0 Å². The van der Waals surface area contributed by atoms with Crippen LogP contribution >= 0.6 is 15.9 Å². The fourth-order valence-corrected chi connectivity index (χ4v) is 2.26. The van der Waals surface area contributed by atoms with E-state index in [1.807, 2.05) is 18.2 Å². The molecule has 0 saturated carbocycles. The number of ether oxygens (including phenoxy) is 1. The van der Waals surface area contributed by atoms with Crippen LogP contribution in [0.3, 0.4) is 0 Å². The summed E-state index contributed by atoms with van der Waals surface area (Å²) in [6, 6.07) is 18.6. The van der Waals surface area contributed by atoms with Gasteiger partial charge >= 0.3 is 0 Å². The monoisotopic (exact) mass is 333 g/mol. The Morgan fingerprint density at radius 2 is 1.75 bits per heavy atom. The molecule has 1 unspecified atom stereocenters. The number of hydrogen-bond donors (Lipinski definition) is 1. The van der Waals surface area contributed by atoms with Gasteiger partial charge in [0.1, 0.15) is 0 Å². The van der Waals surface area contributed by atoms with Crippen molar-refractivity contribution >= 4 is 15.9 Å². The lowest BCUT2D eigenvalue weighted by atomic mass is 10.1. The standard InChI is InChI=1S/C17H20BrNO/c1-2-19-12-17(15-8-10-16(18)11-9-15)20-13-14-6-4-3-5-7-14/h3-11,17,19H,2,12-13H2,1H3. The lowest BCUT2D eigenvalue weighted by Gasteiger charge is -2.19. The molecule has 0 saturated heterocycles. The van der Waals surface area contributed by atoms with Gasteiger partial charge in [-0.25, -0.2) is 0 Å². The summed E-state index contributed by atoms with van der Waals surface area (Å²) in [7, 11) is 0. The average molecular weight is 334 g/mol. The largest absolute Gasteiger partial charge is 0.368 e. The Bertz CT molecular complexity index is 498. The SMILES string of the molecule is CCNCC(OCc1ccccc1)c1ccc(Br)cc1. The maximum Gasteiger partial charge on any atom is 0.0953 e. The quantitative estimate of drug-likeness (QED) is 0.814. The van der Waals surface area contributed by atoms with Gasteiger partial charge < -0.3 is 10.1 Å². The normalized spacial score (nSPS) is 12.3. The molecule has 0 amide bonds. The van der Waals surface area contributed by atoms with Crippen LogP contribution in [-0.2, 0) is 11.3 Å². The van der Waals surface area contributed by atoms with Gasteiger partial charge in [0, 0.05) is 11.0 Å². The number of rotatable bonds is 7. The Morgan fingerprint density at radius 3 is 2.40 bits per heavy atom. The second kappa shape index (κ2) is 8.20. The Hall–Kier alpha value is -1.16. The minimum Gasteiger partial charge on any atom is -0.368 e. The molecule has 20 heavy (non-hydrogen) atoms. The van der Waals surface area contributed by atoms with Gasteiger partial charge in [-0.05, 0) is 29.8 Å². The Morgan fingerprint density at radius 1 is 1.05 bits per heavy atom. The summed E-state index contributed by atoms with van der Waals surface area (Å²) >= 11 is 3.47. The number of halogens is 1. The summed E-state index contributed by atoms with van der Waals surface area (Å²) in [4.78, 5) is 0. The van der Waals surface area contributed by atoms with Crippen LogP contribution in [0.1, 0.15) is 24.2 Å². The van der Waals surface area contributed by atoms with E-state index < -0.39 is 0 Å². The van der Waals surface area contributed by atoms with E-state index in [0.717, 1.165) is 17.6 Å². The van der Waals surface area contributed by atoms with Gasteiger partial charge in [0.25, 0.3) is 0 Å². The third kappa shape index (κ3) is 4.75. The maximum absolute atomic E-state index is 6.08. The Kier molecular flexibility index (Phi) is 6.25. The number of hydrogen-bond acceptors (Lipinski definition) is 2. The van der Waals surface area contributed by atoms with Crippen molar-refractivity contribution in [3.8, 4) is 0 Å². The van der Waals surface area contributed by atoms with E-state index in [9.17, 15) is 0 Å². The predicted octanol–water partition coefficient (Wildman–Crippen LogP) is 4.32. The van der Waals surface area contributed by atoms with Crippen LogP contribution in [0.15, 0.2) is 59.1 Å². The highest BCUT2D eigenvalue weighted by molar-refractivity contribution is 9.10. The summed E-state index contributed by atoms with van der Waals surface area (Å²) < 4.78 is 7.17. The van der Waals surface area contributed by atoms with Crippen molar-refractivity contribution in [1.82, 2.24) is 5.32 Å². The zero-order valence-electron chi connectivity index (χ0n) is 11.7. The summed E-state index contributed by atoms with van der Waals surface area (Å²) in [5, 5.41) is 3.36. The summed E-state index contributed by atoms with van der Waals surface area (Å²) in [6.07, 6.45) is 0.0725. The van der Waals surface area contributed by atoms with Gasteiger partial charge in [-0.2, -0.15) is 0 Å². The molecule has 3 heteroatoms. The molecule has 0 aromatic heterocycles. The molecule has 0 spiro atoms. The first kappa shape index (κ1) is 15.2. The van der Waals surface area contributed by atoms with Crippen molar-refractivity contribution in [2.24, 2.45) is 0 Å². The van der Waals surface area contributed by atoms with E-state index >= 15 is 0 Å². The molecule has 2 aromatic rings. The molecular weight excluding hydrogens is 314 g/mol. The lowest BCUT2D eigenvalue weighted by molar-refractivity contribution is 0.0401. The van der Waals surface area contributed by atoms with Gasteiger partial charge in [0.05, 0.1) is 12.7 Å². The fourth-order valence-electron chi connectivity index (χ4n) is 2.00. The van der Waals surface area contributed by atoms with Crippen molar-refractivity contribution in [3.63, 3.8) is 0 Å². The van der Waals surface area contributed by atoms with Gasteiger partial charge in [-0.3, -0.25) is 0 Å². The maximum atomic E-state index is 6.08. The molecule has 106 valence electrons. The molecule has 0 heterocycles. The molecule has 1 atom stereocenters. The summed E-state index contributed by atoms with van der Waals surface area (Å²) in [5.74, 6) is 0. The third-order valence-electron chi connectivity index (χ3n) is 3.12.